The van der Waals surface area contributed by atoms with Crippen molar-refractivity contribution in [3.63, 3.8) is 0 Å². The van der Waals surface area contributed by atoms with Crippen LogP contribution in [0, 0.1) is 10.8 Å². The van der Waals surface area contributed by atoms with Crippen molar-refractivity contribution in [2.75, 3.05) is 6.54 Å². The van der Waals surface area contributed by atoms with Crippen LogP contribution in [0.15, 0.2) is 48.0 Å². The topological polar surface area (TPSA) is 62.7 Å². The zero-order valence-corrected chi connectivity index (χ0v) is 22.1. The number of rotatable bonds is 2. The van der Waals surface area contributed by atoms with Crippen LogP contribution in [0.5, 0.6) is 5.75 Å². The van der Waals surface area contributed by atoms with Crippen LogP contribution in [-0.4, -0.2) is 33.2 Å². The van der Waals surface area contributed by atoms with Crippen molar-refractivity contribution in [1.29, 1.82) is 0 Å². The van der Waals surface area contributed by atoms with Crippen LogP contribution in [0.2, 0.25) is 0 Å². The average Bonchev–Trinajstić information content (AvgIpc) is 3.24. The lowest BCUT2D eigenvalue weighted by molar-refractivity contribution is 0.0338. The number of ether oxygens (including phenoxy) is 1. The molecule has 1 N–H and O–H groups in total. The van der Waals surface area contributed by atoms with Crippen LogP contribution in [-0.2, 0) is 4.74 Å². The third-order valence-electron chi connectivity index (χ3n) is 5.90. The van der Waals surface area contributed by atoms with Crippen molar-refractivity contribution in [3.05, 3.63) is 53.6 Å². The van der Waals surface area contributed by atoms with Gasteiger partial charge < -0.3 is 9.84 Å². The summed E-state index contributed by atoms with van der Waals surface area (Å²) in [5.74, 6) is 0.145. The van der Waals surface area contributed by atoms with Crippen molar-refractivity contribution < 1.29 is 14.6 Å². The number of carbonyl (C=O) groups excluding carboxylic acids is 1. The first-order valence-corrected chi connectivity index (χ1v) is 12.4. The van der Waals surface area contributed by atoms with E-state index in [0.29, 0.717) is 12.1 Å². The Morgan fingerprint density at radius 3 is 2.35 bits per heavy atom. The fraction of sp³-hybridized carbons (Fsp3) is 0.429. The molecule has 4 rings (SSSR count). The average molecular weight is 479 g/mol. The first kappa shape index (κ1) is 24.3. The lowest BCUT2D eigenvalue weighted by atomic mass is 9.71. The molecule has 1 aliphatic heterocycles. The number of hydrogen-bond acceptors (Lipinski definition) is 5. The molecule has 1 amide bonds. The Bertz CT molecular complexity index is 1260. The van der Waals surface area contributed by atoms with Gasteiger partial charge in [-0.3, -0.25) is 4.90 Å². The highest BCUT2D eigenvalue weighted by atomic mass is 32.1. The number of fused-ring (bicyclic) bond motifs is 1. The summed E-state index contributed by atoms with van der Waals surface area (Å²) in [5.41, 5.74) is 3.35. The normalized spacial score (nSPS) is 16.4. The molecular weight excluding hydrogens is 444 g/mol. The maximum absolute atomic E-state index is 13.3. The van der Waals surface area contributed by atoms with Gasteiger partial charge in [0.25, 0.3) is 0 Å². The lowest BCUT2D eigenvalue weighted by Crippen LogP contribution is -2.36. The van der Waals surface area contributed by atoms with Crippen LogP contribution < -0.4 is 0 Å². The number of para-hydroxylation sites is 1. The van der Waals surface area contributed by atoms with Gasteiger partial charge in [0, 0.05) is 17.5 Å². The molecule has 0 spiro atoms. The summed E-state index contributed by atoms with van der Waals surface area (Å²) in [6.07, 6.45) is -0.371. The summed E-state index contributed by atoms with van der Waals surface area (Å²) < 4.78 is 6.84. The van der Waals surface area contributed by atoms with Crippen LogP contribution in [0.25, 0.3) is 26.5 Å². The van der Waals surface area contributed by atoms with Gasteiger partial charge in [-0.25, -0.2) is 9.78 Å². The third kappa shape index (κ3) is 4.56. The van der Waals surface area contributed by atoms with Gasteiger partial charge in [-0.2, -0.15) is 0 Å². The van der Waals surface area contributed by atoms with Crippen LogP contribution >= 0.6 is 11.3 Å². The van der Waals surface area contributed by atoms with Gasteiger partial charge in [0.05, 0.1) is 21.5 Å². The molecule has 2 aromatic carbocycles. The fourth-order valence-corrected chi connectivity index (χ4v) is 6.00. The second-order valence-corrected chi connectivity index (χ2v) is 12.7. The second kappa shape index (κ2) is 8.12. The molecule has 1 aromatic heterocycles. The maximum atomic E-state index is 13.3. The van der Waals surface area contributed by atoms with Gasteiger partial charge in [-0.1, -0.05) is 52.8 Å². The van der Waals surface area contributed by atoms with E-state index in [9.17, 15) is 9.90 Å². The summed E-state index contributed by atoms with van der Waals surface area (Å²) >= 11 is 1.55. The molecule has 0 unspecified atom stereocenters. The first-order valence-electron chi connectivity index (χ1n) is 11.6. The van der Waals surface area contributed by atoms with Crippen molar-refractivity contribution >= 4 is 33.3 Å². The molecule has 0 radical (unpaired) electrons. The highest BCUT2D eigenvalue weighted by Gasteiger charge is 2.46. The summed E-state index contributed by atoms with van der Waals surface area (Å²) in [6, 6.07) is 13.6. The number of phenolic OH excluding ortho intramolecular Hbond substituents is 1. The summed E-state index contributed by atoms with van der Waals surface area (Å²) in [5, 5.41) is 11.8. The Kier molecular flexibility index (Phi) is 5.80. The SMILES string of the molecule is CC(C)(C)OC(=O)N1CC(C)(C)C(C(C)(C)C)=C1c1ccc(-c2nc3ccccc3s2)c(O)c1. The van der Waals surface area contributed by atoms with Crippen molar-refractivity contribution in [1.82, 2.24) is 9.88 Å². The Morgan fingerprint density at radius 2 is 1.76 bits per heavy atom. The van der Waals surface area contributed by atoms with E-state index in [-0.39, 0.29) is 22.7 Å². The minimum absolute atomic E-state index is 0.145. The molecule has 5 nitrogen and oxygen atoms in total. The highest BCUT2D eigenvalue weighted by molar-refractivity contribution is 7.21. The molecular formula is C28H34N2O3S. The van der Waals surface area contributed by atoms with Crippen LogP contribution in [0.3, 0.4) is 0 Å². The predicted octanol–water partition coefficient (Wildman–Crippen LogP) is 7.70. The lowest BCUT2D eigenvalue weighted by Gasteiger charge is -2.32. The van der Waals surface area contributed by atoms with E-state index in [1.165, 1.54) is 0 Å². The van der Waals surface area contributed by atoms with E-state index in [0.717, 1.165) is 32.1 Å². The molecule has 0 atom stereocenters. The number of hydrogen-bond donors (Lipinski definition) is 1. The molecule has 0 saturated heterocycles. The Labute approximate surface area is 206 Å². The molecule has 34 heavy (non-hydrogen) atoms. The smallest absolute Gasteiger partial charge is 0.414 e. The molecule has 180 valence electrons. The van der Waals surface area contributed by atoms with Crippen molar-refractivity contribution in [3.8, 4) is 16.3 Å². The Morgan fingerprint density at radius 1 is 1.09 bits per heavy atom. The Balaban J connectivity index is 1.84. The number of benzene rings is 2. The molecule has 3 aromatic rings. The van der Waals surface area contributed by atoms with Crippen LogP contribution in [0.4, 0.5) is 4.79 Å². The maximum Gasteiger partial charge on any atom is 0.414 e. The van der Waals surface area contributed by atoms with Gasteiger partial charge in [0.2, 0.25) is 0 Å². The Hall–Kier alpha value is -2.86. The number of nitrogens with zero attached hydrogens (tertiary/aromatic N) is 2. The monoisotopic (exact) mass is 478 g/mol. The molecule has 0 fully saturated rings. The zero-order valence-electron chi connectivity index (χ0n) is 21.3. The summed E-state index contributed by atoms with van der Waals surface area (Å²) in [4.78, 5) is 19.7. The molecule has 1 aliphatic rings. The number of thiazole rings is 1. The first-order chi connectivity index (χ1) is 15.7. The molecule has 0 saturated carbocycles. The minimum Gasteiger partial charge on any atom is -0.507 e. The molecule has 6 heteroatoms. The van der Waals surface area contributed by atoms with Crippen molar-refractivity contribution in [2.24, 2.45) is 10.8 Å². The predicted molar refractivity (Wildman–Crippen MR) is 140 cm³/mol. The van der Waals surface area contributed by atoms with Gasteiger partial charge >= 0.3 is 6.09 Å². The van der Waals surface area contributed by atoms with Crippen molar-refractivity contribution in [2.45, 2.75) is 61.0 Å². The van der Waals surface area contributed by atoms with E-state index in [1.807, 2.05) is 57.2 Å². The van der Waals surface area contributed by atoms with E-state index in [4.69, 9.17) is 9.72 Å². The number of phenols is 1. The second-order valence-electron chi connectivity index (χ2n) is 11.6. The summed E-state index contributed by atoms with van der Waals surface area (Å²) in [6.45, 7) is 17.0. The van der Waals surface area contributed by atoms with E-state index in [1.54, 1.807) is 22.3 Å². The quantitative estimate of drug-likeness (QED) is 0.410. The molecule has 2 heterocycles. The van der Waals surface area contributed by atoms with Gasteiger partial charge in [0.15, 0.2) is 0 Å². The third-order valence-corrected chi connectivity index (χ3v) is 6.97. The number of carbonyl (C=O) groups is 1. The van der Waals surface area contributed by atoms with E-state index < -0.39 is 5.60 Å². The number of amides is 1. The van der Waals surface area contributed by atoms with E-state index >= 15 is 0 Å². The fourth-order valence-electron chi connectivity index (χ4n) is 5.00. The van der Waals surface area contributed by atoms with Crippen LogP contribution in [0.1, 0.15) is 61.0 Å². The number of aromatic nitrogens is 1. The molecule has 0 bridgehead atoms. The largest absolute Gasteiger partial charge is 0.507 e. The van der Waals surface area contributed by atoms with Gasteiger partial charge in [0.1, 0.15) is 16.4 Å². The standard InChI is InChI=1S/C28H34N2O3S/c1-26(2,3)23-22(30(16-28(23,7)8)25(32)33-27(4,5)6)17-13-14-18(20(31)15-17)24-29-19-11-9-10-12-21(19)34-24/h9-15,31H,16H2,1-8H3. The number of aromatic hydroxyl groups is 1. The summed E-state index contributed by atoms with van der Waals surface area (Å²) in [7, 11) is 0. The molecule has 0 aliphatic carbocycles. The van der Waals surface area contributed by atoms with E-state index in [2.05, 4.69) is 34.6 Å². The highest BCUT2D eigenvalue weighted by Crippen LogP contribution is 2.52. The zero-order chi connectivity index (χ0) is 25.1. The van der Waals surface area contributed by atoms with Gasteiger partial charge in [-0.05, 0) is 56.0 Å². The van der Waals surface area contributed by atoms with Gasteiger partial charge in [-0.15, -0.1) is 11.3 Å². The minimum atomic E-state index is -0.602.